The number of rotatable bonds is 5. The fourth-order valence-corrected chi connectivity index (χ4v) is 3.19. The van der Waals surface area contributed by atoms with Crippen LogP contribution < -0.4 is 0 Å². The van der Waals surface area contributed by atoms with Crippen LogP contribution in [-0.4, -0.2) is 18.4 Å². The summed E-state index contributed by atoms with van der Waals surface area (Å²) < 4.78 is 5.65. The van der Waals surface area contributed by atoms with Crippen molar-refractivity contribution in [3.05, 3.63) is 12.2 Å². The lowest BCUT2D eigenvalue weighted by molar-refractivity contribution is -0.153. The average Bonchev–Trinajstić information content (AvgIpc) is 2.93. The molecule has 3 nitrogen and oxygen atoms in total. The molecule has 2 atom stereocenters. The number of hydrogen-bond donors (Lipinski definition) is 0. The molecule has 0 heterocycles. The van der Waals surface area contributed by atoms with E-state index in [4.69, 9.17) is 4.74 Å². The largest absolute Gasteiger partial charge is 0.462 e. The average molecular weight is 264 g/mol. The summed E-state index contributed by atoms with van der Waals surface area (Å²) in [5.41, 5.74) is -0.0227. The molecule has 3 heteroatoms. The molecule has 0 N–H and O–H groups in total. The maximum Gasteiger partial charge on any atom is 0.310 e. The third-order valence-corrected chi connectivity index (χ3v) is 4.58. The molecule has 0 radical (unpaired) electrons. The summed E-state index contributed by atoms with van der Waals surface area (Å²) in [6, 6.07) is 0. The minimum atomic E-state index is -0.0438. The lowest BCUT2D eigenvalue weighted by Gasteiger charge is -2.22. The number of carbonyl (C=O) groups is 2. The number of allylic oxidation sites excluding steroid dienone is 2. The van der Waals surface area contributed by atoms with E-state index in [1.807, 2.05) is 12.2 Å². The number of esters is 1. The molecule has 0 aromatic rings. The first-order valence-electron chi connectivity index (χ1n) is 7.38. The smallest absolute Gasteiger partial charge is 0.310 e. The second-order valence-electron chi connectivity index (χ2n) is 6.35. The van der Waals surface area contributed by atoms with Crippen molar-refractivity contribution in [2.75, 3.05) is 0 Å². The molecule has 0 aromatic heterocycles. The maximum absolute atomic E-state index is 12.2. The van der Waals surface area contributed by atoms with E-state index in [1.165, 1.54) is 19.3 Å². The van der Waals surface area contributed by atoms with Gasteiger partial charge >= 0.3 is 5.97 Å². The van der Waals surface area contributed by atoms with Crippen LogP contribution >= 0.6 is 0 Å². The molecule has 0 aliphatic heterocycles. The van der Waals surface area contributed by atoms with E-state index in [0.29, 0.717) is 6.42 Å². The molecule has 2 fully saturated rings. The van der Waals surface area contributed by atoms with Gasteiger partial charge in [-0.3, -0.25) is 4.79 Å². The maximum atomic E-state index is 12.2. The van der Waals surface area contributed by atoms with Gasteiger partial charge in [-0.05, 0) is 37.0 Å². The molecule has 19 heavy (non-hydrogen) atoms. The minimum absolute atomic E-state index is 0.0227. The van der Waals surface area contributed by atoms with Gasteiger partial charge in [0, 0.05) is 6.42 Å². The van der Waals surface area contributed by atoms with Crippen LogP contribution in [0.15, 0.2) is 12.2 Å². The van der Waals surface area contributed by atoms with Crippen molar-refractivity contribution in [1.82, 2.24) is 0 Å². The van der Waals surface area contributed by atoms with Crippen LogP contribution in [0, 0.1) is 17.3 Å². The second-order valence-corrected chi connectivity index (χ2v) is 6.35. The third-order valence-electron chi connectivity index (χ3n) is 4.58. The van der Waals surface area contributed by atoms with Gasteiger partial charge in [-0.15, -0.1) is 0 Å². The summed E-state index contributed by atoms with van der Waals surface area (Å²) >= 11 is 0. The Hall–Kier alpha value is -1.12. The molecule has 2 unspecified atom stereocenters. The van der Waals surface area contributed by atoms with Gasteiger partial charge in [0.15, 0.2) is 0 Å². The Morgan fingerprint density at radius 2 is 1.95 bits per heavy atom. The third kappa shape index (κ3) is 3.26. The topological polar surface area (TPSA) is 43.4 Å². The molecule has 0 bridgehead atoms. The number of ether oxygens (including phenoxy) is 1. The molecular weight excluding hydrogens is 240 g/mol. The van der Waals surface area contributed by atoms with Gasteiger partial charge in [0.1, 0.15) is 12.4 Å². The number of carbonyl (C=O) groups excluding carboxylic acids is 2. The highest BCUT2D eigenvalue weighted by Crippen LogP contribution is 2.59. The lowest BCUT2D eigenvalue weighted by atomic mass is 9.98. The van der Waals surface area contributed by atoms with Crippen LogP contribution in [-0.2, 0) is 14.3 Å². The van der Waals surface area contributed by atoms with Crippen molar-refractivity contribution in [2.24, 2.45) is 17.3 Å². The highest BCUT2D eigenvalue weighted by molar-refractivity contribution is 5.78. The molecule has 2 rings (SSSR count). The summed E-state index contributed by atoms with van der Waals surface area (Å²) in [4.78, 5) is 22.5. The van der Waals surface area contributed by atoms with E-state index in [-0.39, 0.29) is 29.3 Å². The quantitative estimate of drug-likeness (QED) is 0.435. The van der Waals surface area contributed by atoms with Gasteiger partial charge in [-0.2, -0.15) is 0 Å². The number of aldehydes is 1. The van der Waals surface area contributed by atoms with E-state index >= 15 is 0 Å². The van der Waals surface area contributed by atoms with Crippen LogP contribution in [0.3, 0.4) is 0 Å². The van der Waals surface area contributed by atoms with Crippen molar-refractivity contribution in [3.8, 4) is 0 Å². The lowest BCUT2D eigenvalue weighted by Crippen LogP contribution is -2.23. The normalized spacial score (nSPS) is 30.2. The summed E-state index contributed by atoms with van der Waals surface area (Å²) in [6.45, 7) is 4.19. The molecule has 2 aliphatic rings. The van der Waals surface area contributed by atoms with Crippen LogP contribution in [0.1, 0.15) is 52.4 Å². The van der Waals surface area contributed by atoms with Gasteiger partial charge < -0.3 is 9.53 Å². The predicted octanol–water partition coefficient (Wildman–Crippen LogP) is 3.28. The first-order chi connectivity index (χ1) is 9.07. The standard InChI is InChI=1S/C16H24O3/c1-16(2)13(10-6-7-11-17)14(16)15(18)19-12-8-4-3-5-9-12/h6,10-14H,3-5,7-9H2,1-2H3. The minimum Gasteiger partial charge on any atom is -0.462 e. The predicted molar refractivity (Wildman–Crippen MR) is 73.5 cm³/mol. The van der Waals surface area contributed by atoms with Crippen LogP contribution in [0.5, 0.6) is 0 Å². The van der Waals surface area contributed by atoms with Crippen molar-refractivity contribution in [1.29, 1.82) is 0 Å². The zero-order valence-electron chi connectivity index (χ0n) is 11.9. The van der Waals surface area contributed by atoms with Crippen molar-refractivity contribution >= 4 is 12.3 Å². The molecular formula is C16H24O3. The van der Waals surface area contributed by atoms with Crippen LogP contribution in [0.4, 0.5) is 0 Å². The molecule has 106 valence electrons. The first-order valence-corrected chi connectivity index (χ1v) is 7.38. The fraction of sp³-hybridized carbons (Fsp3) is 0.750. The van der Waals surface area contributed by atoms with Gasteiger partial charge in [-0.25, -0.2) is 0 Å². The Kier molecular flexibility index (Phi) is 4.43. The highest BCUT2D eigenvalue weighted by atomic mass is 16.5. The van der Waals surface area contributed by atoms with E-state index in [2.05, 4.69) is 13.8 Å². The van der Waals surface area contributed by atoms with Gasteiger partial charge in [0.05, 0.1) is 5.92 Å². The summed E-state index contributed by atoms with van der Waals surface area (Å²) in [7, 11) is 0. The van der Waals surface area contributed by atoms with Gasteiger partial charge in [-0.1, -0.05) is 32.4 Å². The first kappa shape index (κ1) is 14.3. The van der Waals surface area contributed by atoms with E-state index in [0.717, 1.165) is 19.1 Å². The van der Waals surface area contributed by atoms with E-state index < -0.39 is 0 Å². The summed E-state index contributed by atoms with van der Waals surface area (Å²) in [5, 5.41) is 0. The molecule has 2 aliphatic carbocycles. The zero-order chi connectivity index (χ0) is 13.9. The van der Waals surface area contributed by atoms with Gasteiger partial charge in [0.2, 0.25) is 0 Å². The van der Waals surface area contributed by atoms with Crippen molar-refractivity contribution < 1.29 is 14.3 Å². The highest BCUT2D eigenvalue weighted by Gasteiger charge is 2.61. The monoisotopic (exact) mass is 264 g/mol. The van der Waals surface area contributed by atoms with Crippen LogP contribution in [0.2, 0.25) is 0 Å². The molecule has 0 saturated heterocycles. The molecule has 2 saturated carbocycles. The van der Waals surface area contributed by atoms with Crippen molar-refractivity contribution in [3.63, 3.8) is 0 Å². The van der Waals surface area contributed by atoms with Gasteiger partial charge in [0.25, 0.3) is 0 Å². The SMILES string of the molecule is CC1(C)C(C=CCC=O)C1C(=O)OC1CCCCC1. The number of hydrogen-bond acceptors (Lipinski definition) is 3. The Labute approximate surface area is 115 Å². The zero-order valence-corrected chi connectivity index (χ0v) is 11.9. The fourth-order valence-electron chi connectivity index (χ4n) is 3.19. The van der Waals surface area contributed by atoms with Crippen LogP contribution in [0.25, 0.3) is 0 Å². The second kappa shape index (κ2) is 5.89. The molecule has 0 aromatic carbocycles. The summed E-state index contributed by atoms with van der Waals surface area (Å²) in [6.07, 6.45) is 10.9. The molecule has 0 amide bonds. The Morgan fingerprint density at radius 1 is 1.26 bits per heavy atom. The Morgan fingerprint density at radius 3 is 2.58 bits per heavy atom. The van der Waals surface area contributed by atoms with E-state index in [1.54, 1.807) is 0 Å². The Balaban J connectivity index is 1.86. The van der Waals surface area contributed by atoms with E-state index in [9.17, 15) is 9.59 Å². The van der Waals surface area contributed by atoms with Crippen molar-refractivity contribution in [2.45, 2.75) is 58.5 Å². The Bertz CT molecular complexity index is 364. The summed E-state index contributed by atoms with van der Waals surface area (Å²) in [5.74, 6) is 0.151. The molecule has 0 spiro atoms.